The third-order valence-corrected chi connectivity index (χ3v) is 7.87. The smallest absolute Gasteiger partial charge is 0.0448 e. The summed E-state index contributed by atoms with van der Waals surface area (Å²) >= 11 is 0. The predicted octanol–water partition coefficient (Wildman–Crippen LogP) is 7.50. The molecule has 0 spiro atoms. The zero-order valence-electron chi connectivity index (χ0n) is 20.1. The van der Waals surface area contributed by atoms with Crippen molar-refractivity contribution in [3.05, 3.63) is 96.3 Å². The highest BCUT2D eigenvalue weighted by Crippen LogP contribution is 2.48. The molecule has 0 N–H and O–H groups in total. The maximum atomic E-state index is 4.31. The highest BCUT2D eigenvalue weighted by atomic mass is 15.2. The third kappa shape index (κ3) is 2.72. The molecule has 0 aliphatic carbocycles. The van der Waals surface area contributed by atoms with Gasteiger partial charge in [-0.25, -0.2) is 0 Å². The molecule has 2 aliphatic heterocycles. The standard InChI is InChI=1S/C30H32N2/c1-19-29(3,4)25-17-23(13-15-27(25)31(19)7)21-9-11-22(12-10-21)24-14-16-28-26(18-24)30(5,6)20(2)32(28)8/h9-18H,1-2H2,3-8H3. The summed E-state index contributed by atoms with van der Waals surface area (Å²) in [5, 5.41) is 0. The summed E-state index contributed by atoms with van der Waals surface area (Å²) in [7, 11) is 4.21. The van der Waals surface area contributed by atoms with Gasteiger partial charge >= 0.3 is 0 Å². The van der Waals surface area contributed by atoms with Gasteiger partial charge in [0.1, 0.15) is 0 Å². The molecule has 0 unspecified atom stereocenters. The lowest BCUT2D eigenvalue weighted by atomic mass is 9.83. The van der Waals surface area contributed by atoms with E-state index in [4.69, 9.17) is 0 Å². The number of allylic oxidation sites excluding steroid dienone is 2. The molecule has 0 fully saturated rings. The van der Waals surface area contributed by atoms with Crippen molar-refractivity contribution in [2.24, 2.45) is 0 Å². The number of nitrogens with zero attached hydrogens (tertiary/aromatic N) is 2. The Balaban J connectivity index is 1.50. The van der Waals surface area contributed by atoms with E-state index in [9.17, 15) is 0 Å². The molecule has 162 valence electrons. The first-order chi connectivity index (χ1) is 15.0. The maximum absolute atomic E-state index is 4.31. The Morgan fingerprint density at radius 1 is 0.531 bits per heavy atom. The molecule has 32 heavy (non-hydrogen) atoms. The number of benzene rings is 3. The minimum absolute atomic E-state index is 0.0472. The first kappa shape index (κ1) is 20.6. The summed E-state index contributed by atoms with van der Waals surface area (Å²) in [5.74, 6) is 0. The number of hydrogen-bond acceptors (Lipinski definition) is 2. The highest BCUT2D eigenvalue weighted by molar-refractivity contribution is 5.79. The van der Waals surface area contributed by atoms with Crippen LogP contribution >= 0.6 is 0 Å². The van der Waals surface area contributed by atoms with Gasteiger partial charge in [-0.05, 0) is 57.6 Å². The van der Waals surface area contributed by atoms with Gasteiger partial charge in [-0.1, -0.05) is 77.3 Å². The first-order valence-electron chi connectivity index (χ1n) is 11.3. The molecule has 3 aromatic rings. The Labute approximate surface area is 192 Å². The minimum atomic E-state index is -0.0472. The Bertz CT molecular complexity index is 1170. The number of hydrogen-bond donors (Lipinski definition) is 0. The van der Waals surface area contributed by atoms with E-state index in [0.29, 0.717) is 0 Å². The average molecular weight is 421 g/mol. The van der Waals surface area contributed by atoms with Crippen LogP contribution in [0.2, 0.25) is 0 Å². The van der Waals surface area contributed by atoms with Crippen LogP contribution < -0.4 is 9.80 Å². The second-order valence-corrected chi connectivity index (χ2v) is 10.3. The fourth-order valence-electron chi connectivity index (χ4n) is 5.31. The minimum Gasteiger partial charge on any atom is -0.348 e. The van der Waals surface area contributed by atoms with Crippen molar-refractivity contribution >= 4 is 11.4 Å². The van der Waals surface area contributed by atoms with Crippen LogP contribution in [0.15, 0.2) is 85.2 Å². The van der Waals surface area contributed by atoms with Gasteiger partial charge in [0, 0.05) is 47.7 Å². The molecule has 5 rings (SSSR count). The maximum Gasteiger partial charge on any atom is 0.0448 e. The molecule has 0 aromatic heterocycles. The van der Waals surface area contributed by atoms with Crippen LogP contribution in [0, 0.1) is 0 Å². The summed E-state index contributed by atoms with van der Waals surface area (Å²) in [5.41, 5.74) is 12.4. The van der Waals surface area contributed by atoms with E-state index < -0.39 is 0 Å². The molecule has 2 heterocycles. The zero-order valence-corrected chi connectivity index (χ0v) is 20.1. The Morgan fingerprint density at radius 3 is 1.19 bits per heavy atom. The van der Waals surface area contributed by atoms with E-state index in [1.54, 1.807) is 0 Å². The summed E-state index contributed by atoms with van der Waals surface area (Å²) in [6.45, 7) is 17.6. The Hall–Kier alpha value is -3.26. The summed E-state index contributed by atoms with van der Waals surface area (Å²) < 4.78 is 0. The van der Waals surface area contributed by atoms with Crippen LogP contribution in [0.25, 0.3) is 22.3 Å². The number of likely N-dealkylation sites (N-methyl/N-ethyl adjacent to an activating group) is 2. The molecule has 0 amide bonds. The lowest BCUT2D eigenvalue weighted by Gasteiger charge is -2.22. The molecule has 0 atom stereocenters. The zero-order chi connectivity index (χ0) is 23.0. The van der Waals surface area contributed by atoms with E-state index in [-0.39, 0.29) is 10.8 Å². The van der Waals surface area contributed by atoms with Crippen LogP contribution in [-0.2, 0) is 10.8 Å². The third-order valence-electron chi connectivity index (χ3n) is 7.87. The van der Waals surface area contributed by atoms with E-state index in [1.807, 2.05) is 0 Å². The Morgan fingerprint density at radius 2 is 0.844 bits per heavy atom. The first-order valence-corrected chi connectivity index (χ1v) is 11.3. The molecule has 0 saturated heterocycles. The van der Waals surface area contributed by atoms with Gasteiger partial charge in [0.15, 0.2) is 0 Å². The number of fused-ring (bicyclic) bond motifs is 2. The van der Waals surface area contributed by atoms with Gasteiger partial charge < -0.3 is 9.80 Å². The normalized spacial score (nSPS) is 18.2. The van der Waals surface area contributed by atoms with Crippen LogP contribution in [0.5, 0.6) is 0 Å². The van der Waals surface area contributed by atoms with Crippen molar-refractivity contribution in [1.29, 1.82) is 0 Å². The number of anilines is 2. The second kappa shape index (κ2) is 6.62. The average Bonchev–Trinajstić information content (AvgIpc) is 3.08. The quantitative estimate of drug-likeness (QED) is 0.423. The fourth-order valence-corrected chi connectivity index (χ4v) is 5.31. The second-order valence-electron chi connectivity index (χ2n) is 10.3. The predicted molar refractivity (Wildman–Crippen MR) is 138 cm³/mol. The largest absolute Gasteiger partial charge is 0.348 e. The van der Waals surface area contributed by atoms with E-state index >= 15 is 0 Å². The molecule has 2 nitrogen and oxygen atoms in total. The van der Waals surface area contributed by atoms with Crippen molar-refractivity contribution in [3.63, 3.8) is 0 Å². The van der Waals surface area contributed by atoms with Crippen LogP contribution in [-0.4, -0.2) is 14.1 Å². The van der Waals surface area contributed by atoms with Gasteiger partial charge in [-0.3, -0.25) is 0 Å². The van der Waals surface area contributed by atoms with Gasteiger partial charge in [0.05, 0.1) is 0 Å². The molecule has 0 bridgehead atoms. The molecular formula is C30H32N2. The van der Waals surface area contributed by atoms with Crippen LogP contribution in [0.3, 0.4) is 0 Å². The molecule has 0 radical (unpaired) electrons. The lowest BCUT2D eigenvalue weighted by molar-refractivity contribution is 0.643. The molecular weight excluding hydrogens is 388 g/mol. The van der Waals surface area contributed by atoms with Gasteiger partial charge in [0.2, 0.25) is 0 Å². The van der Waals surface area contributed by atoms with Crippen molar-refractivity contribution in [2.75, 3.05) is 23.9 Å². The van der Waals surface area contributed by atoms with Crippen molar-refractivity contribution in [3.8, 4) is 22.3 Å². The Kier molecular flexibility index (Phi) is 4.27. The molecule has 2 aliphatic rings. The van der Waals surface area contributed by atoms with Gasteiger partial charge in [-0.15, -0.1) is 0 Å². The number of rotatable bonds is 2. The van der Waals surface area contributed by atoms with Crippen molar-refractivity contribution in [1.82, 2.24) is 0 Å². The highest BCUT2D eigenvalue weighted by Gasteiger charge is 2.38. The molecule has 3 aromatic carbocycles. The van der Waals surface area contributed by atoms with E-state index in [1.165, 1.54) is 44.8 Å². The van der Waals surface area contributed by atoms with Crippen molar-refractivity contribution in [2.45, 2.75) is 38.5 Å². The van der Waals surface area contributed by atoms with Gasteiger partial charge in [0.25, 0.3) is 0 Å². The van der Waals surface area contributed by atoms with Crippen molar-refractivity contribution < 1.29 is 0 Å². The van der Waals surface area contributed by atoms with Crippen LogP contribution in [0.4, 0.5) is 11.4 Å². The lowest BCUT2D eigenvalue weighted by Crippen LogP contribution is -2.21. The van der Waals surface area contributed by atoms with E-state index in [0.717, 1.165) is 11.4 Å². The molecule has 0 saturated carbocycles. The molecule has 2 heteroatoms. The summed E-state index contributed by atoms with van der Waals surface area (Å²) in [6, 6.07) is 22.5. The fraction of sp³-hybridized carbons (Fsp3) is 0.267. The topological polar surface area (TPSA) is 6.48 Å². The summed E-state index contributed by atoms with van der Waals surface area (Å²) in [4.78, 5) is 4.42. The summed E-state index contributed by atoms with van der Waals surface area (Å²) in [6.07, 6.45) is 0. The van der Waals surface area contributed by atoms with Gasteiger partial charge in [-0.2, -0.15) is 0 Å². The van der Waals surface area contributed by atoms with Crippen LogP contribution in [0.1, 0.15) is 38.8 Å². The van der Waals surface area contributed by atoms with E-state index in [2.05, 4.69) is 125 Å². The SMILES string of the molecule is C=C1N(C)c2ccc(-c3ccc(-c4ccc5c(c4)C(C)(C)C(=C)N5C)cc3)cc2C1(C)C. The monoisotopic (exact) mass is 420 g/mol.